The lowest BCUT2D eigenvalue weighted by Gasteiger charge is -2.28. The Bertz CT molecular complexity index is 370. The summed E-state index contributed by atoms with van der Waals surface area (Å²) in [6.07, 6.45) is 0. The largest absolute Gasteiger partial charge is 0.314 e. The molecule has 1 fully saturated rings. The van der Waals surface area contributed by atoms with E-state index < -0.39 is 0 Å². The van der Waals surface area contributed by atoms with Gasteiger partial charge in [-0.1, -0.05) is 35.8 Å². The highest BCUT2D eigenvalue weighted by Gasteiger charge is 2.13. The molecule has 0 radical (unpaired) electrons. The molecule has 3 heteroatoms. The fourth-order valence-electron chi connectivity index (χ4n) is 2.36. The van der Waals surface area contributed by atoms with E-state index in [1.807, 2.05) is 0 Å². The third kappa shape index (κ3) is 3.54. The molecule has 1 heterocycles. The van der Waals surface area contributed by atoms with Gasteiger partial charge >= 0.3 is 0 Å². The minimum Gasteiger partial charge on any atom is -0.314 e. The van der Waals surface area contributed by atoms with Crippen LogP contribution in [0.5, 0.6) is 0 Å². The summed E-state index contributed by atoms with van der Waals surface area (Å²) in [5.41, 5.74) is 2.95. The Labute approximate surface area is 113 Å². The fraction of sp³-hybridized carbons (Fsp3) is 0.571. The van der Waals surface area contributed by atoms with Crippen molar-refractivity contribution in [3.8, 4) is 0 Å². The highest BCUT2D eigenvalue weighted by atomic mass is 79.9. The van der Waals surface area contributed by atoms with Gasteiger partial charge in [-0.25, -0.2) is 0 Å². The Morgan fingerprint density at radius 2 is 2.00 bits per heavy atom. The van der Waals surface area contributed by atoms with Crippen LogP contribution in [0.4, 0.5) is 0 Å². The van der Waals surface area contributed by atoms with Crippen LogP contribution in [0.1, 0.15) is 30.9 Å². The molecule has 94 valence electrons. The predicted octanol–water partition coefficient (Wildman–Crippen LogP) is 2.98. The zero-order valence-corrected chi connectivity index (χ0v) is 12.3. The number of hydrogen-bond acceptors (Lipinski definition) is 2. The van der Waals surface area contributed by atoms with Crippen molar-refractivity contribution in [2.24, 2.45) is 0 Å². The van der Waals surface area contributed by atoms with Crippen LogP contribution in [0, 0.1) is 0 Å². The van der Waals surface area contributed by atoms with Crippen molar-refractivity contribution in [1.29, 1.82) is 0 Å². The number of piperazine rings is 1. The molecule has 0 aliphatic carbocycles. The van der Waals surface area contributed by atoms with Gasteiger partial charge in [0.05, 0.1) is 0 Å². The molecule has 1 saturated heterocycles. The highest BCUT2D eigenvalue weighted by molar-refractivity contribution is 9.10. The summed E-state index contributed by atoms with van der Waals surface area (Å²) in [6.45, 7) is 10.2. The van der Waals surface area contributed by atoms with Crippen LogP contribution in [-0.2, 0) is 6.54 Å². The smallest absolute Gasteiger partial charge is 0.0237 e. The molecule has 2 rings (SSSR count). The van der Waals surface area contributed by atoms with Gasteiger partial charge in [0.25, 0.3) is 0 Å². The first-order valence-electron chi connectivity index (χ1n) is 6.38. The molecule has 2 nitrogen and oxygen atoms in total. The van der Waals surface area contributed by atoms with Crippen LogP contribution in [0.2, 0.25) is 0 Å². The van der Waals surface area contributed by atoms with Crippen LogP contribution in [0.15, 0.2) is 22.7 Å². The fourth-order valence-corrected chi connectivity index (χ4v) is 2.74. The van der Waals surface area contributed by atoms with Gasteiger partial charge in [0, 0.05) is 37.2 Å². The lowest BCUT2D eigenvalue weighted by Crippen LogP contribution is -2.43. The summed E-state index contributed by atoms with van der Waals surface area (Å²) < 4.78 is 1.19. The second-order valence-corrected chi connectivity index (χ2v) is 5.94. The maximum Gasteiger partial charge on any atom is 0.0237 e. The molecule has 0 unspecified atom stereocenters. The number of nitrogens with one attached hydrogen (secondary N) is 1. The molecule has 1 aromatic rings. The third-order valence-corrected chi connectivity index (χ3v) is 3.83. The summed E-state index contributed by atoms with van der Waals surface area (Å²) in [7, 11) is 0. The van der Waals surface area contributed by atoms with Crippen LogP contribution < -0.4 is 5.32 Å². The number of benzene rings is 1. The van der Waals surface area contributed by atoms with E-state index in [-0.39, 0.29) is 0 Å². The van der Waals surface area contributed by atoms with Crippen molar-refractivity contribution in [2.45, 2.75) is 26.3 Å². The van der Waals surface area contributed by atoms with Gasteiger partial charge in [-0.2, -0.15) is 0 Å². The molecule has 0 atom stereocenters. The van der Waals surface area contributed by atoms with Crippen molar-refractivity contribution >= 4 is 15.9 Å². The predicted molar refractivity (Wildman–Crippen MR) is 76.4 cm³/mol. The van der Waals surface area contributed by atoms with Gasteiger partial charge in [-0.3, -0.25) is 4.90 Å². The molecule has 0 bridgehead atoms. The molecule has 0 spiro atoms. The van der Waals surface area contributed by atoms with E-state index in [1.165, 1.54) is 15.6 Å². The Hall–Kier alpha value is -0.380. The molecule has 0 saturated carbocycles. The Morgan fingerprint density at radius 3 is 2.65 bits per heavy atom. The minimum atomic E-state index is 0.588. The van der Waals surface area contributed by atoms with Gasteiger partial charge in [-0.05, 0) is 29.2 Å². The van der Waals surface area contributed by atoms with Gasteiger partial charge in [0.2, 0.25) is 0 Å². The molecule has 1 N–H and O–H groups in total. The normalized spacial score (nSPS) is 17.6. The van der Waals surface area contributed by atoms with Gasteiger partial charge in [0.1, 0.15) is 0 Å². The van der Waals surface area contributed by atoms with E-state index in [1.54, 1.807) is 0 Å². The first kappa shape index (κ1) is 13.1. The molecule has 0 aromatic heterocycles. The number of hydrogen-bond donors (Lipinski definition) is 1. The molecule has 17 heavy (non-hydrogen) atoms. The number of halogens is 1. The molecule has 1 aliphatic rings. The van der Waals surface area contributed by atoms with Crippen LogP contribution in [0.25, 0.3) is 0 Å². The topological polar surface area (TPSA) is 15.3 Å². The second kappa shape index (κ2) is 5.98. The van der Waals surface area contributed by atoms with Crippen molar-refractivity contribution in [1.82, 2.24) is 10.2 Å². The van der Waals surface area contributed by atoms with Crippen LogP contribution >= 0.6 is 15.9 Å². The maximum absolute atomic E-state index is 3.57. The Balaban J connectivity index is 2.13. The van der Waals surface area contributed by atoms with Crippen LogP contribution in [-0.4, -0.2) is 31.1 Å². The summed E-state index contributed by atoms with van der Waals surface area (Å²) in [6, 6.07) is 6.69. The summed E-state index contributed by atoms with van der Waals surface area (Å²) in [4.78, 5) is 2.53. The average Bonchev–Trinajstić information content (AvgIpc) is 2.32. The highest BCUT2D eigenvalue weighted by Crippen LogP contribution is 2.25. The standard InChI is InChI=1S/C14H21BrN2/c1-11(2)14-9-13(15)4-3-12(14)10-17-7-5-16-6-8-17/h3-4,9,11,16H,5-8,10H2,1-2H3. The molecule has 1 aromatic carbocycles. The van der Waals surface area contributed by atoms with E-state index in [9.17, 15) is 0 Å². The van der Waals surface area contributed by atoms with E-state index in [0.717, 1.165) is 32.7 Å². The van der Waals surface area contributed by atoms with E-state index >= 15 is 0 Å². The quantitative estimate of drug-likeness (QED) is 0.922. The first-order chi connectivity index (χ1) is 8.16. The summed E-state index contributed by atoms with van der Waals surface area (Å²) in [5, 5.41) is 3.40. The third-order valence-electron chi connectivity index (χ3n) is 3.33. The monoisotopic (exact) mass is 296 g/mol. The Kier molecular flexibility index (Phi) is 4.60. The zero-order valence-electron chi connectivity index (χ0n) is 10.7. The van der Waals surface area contributed by atoms with Gasteiger partial charge < -0.3 is 5.32 Å². The first-order valence-corrected chi connectivity index (χ1v) is 7.17. The lowest BCUT2D eigenvalue weighted by molar-refractivity contribution is 0.232. The maximum atomic E-state index is 3.57. The van der Waals surface area contributed by atoms with Crippen molar-refractivity contribution in [3.05, 3.63) is 33.8 Å². The van der Waals surface area contributed by atoms with E-state index in [0.29, 0.717) is 5.92 Å². The number of rotatable bonds is 3. The average molecular weight is 297 g/mol. The van der Waals surface area contributed by atoms with E-state index in [4.69, 9.17) is 0 Å². The summed E-state index contributed by atoms with van der Waals surface area (Å²) in [5.74, 6) is 0.588. The minimum absolute atomic E-state index is 0.588. The SMILES string of the molecule is CC(C)c1cc(Br)ccc1CN1CCNCC1. The zero-order chi connectivity index (χ0) is 12.3. The van der Waals surface area contributed by atoms with E-state index in [2.05, 4.69) is 58.2 Å². The van der Waals surface area contributed by atoms with Crippen molar-refractivity contribution in [2.75, 3.05) is 26.2 Å². The van der Waals surface area contributed by atoms with Crippen molar-refractivity contribution < 1.29 is 0 Å². The van der Waals surface area contributed by atoms with Gasteiger partial charge in [-0.15, -0.1) is 0 Å². The molecular weight excluding hydrogens is 276 g/mol. The van der Waals surface area contributed by atoms with Crippen molar-refractivity contribution in [3.63, 3.8) is 0 Å². The Morgan fingerprint density at radius 1 is 1.29 bits per heavy atom. The molecular formula is C14H21BrN2. The summed E-state index contributed by atoms with van der Waals surface area (Å²) >= 11 is 3.57. The van der Waals surface area contributed by atoms with Gasteiger partial charge in [0.15, 0.2) is 0 Å². The molecule has 0 amide bonds. The number of nitrogens with zero attached hydrogens (tertiary/aromatic N) is 1. The molecule has 1 aliphatic heterocycles. The second-order valence-electron chi connectivity index (χ2n) is 5.02. The lowest BCUT2D eigenvalue weighted by atomic mass is 9.97. The van der Waals surface area contributed by atoms with Crippen LogP contribution in [0.3, 0.4) is 0 Å².